The van der Waals surface area contributed by atoms with Crippen molar-refractivity contribution >= 4 is 17.3 Å². The average Bonchev–Trinajstić information content (AvgIpc) is 2.83. The fraction of sp³-hybridized carbons (Fsp3) is 0.600. The van der Waals surface area contributed by atoms with Crippen molar-refractivity contribution in [1.82, 2.24) is 4.98 Å². The number of aliphatic carboxylic acids is 1. The Balaban J connectivity index is 1.95. The number of aryl methyl sites for hydroxylation is 2. The van der Waals surface area contributed by atoms with E-state index in [9.17, 15) is 4.79 Å². The lowest BCUT2D eigenvalue weighted by molar-refractivity contribution is -0.143. The van der Waals surface area contributed by atoms with Crippen molar-refractivity contribution in [2.24, 2.45) is 5.41 Å². The molecule has 0 spiro atoms. The maximum absolute atomic E-state index is 10.9. The van der Waals surface area contributed by atoms with E-state index >= 15 is 0 Å². The van der Waals surface area contributed by atoms with E-state index in [-0.39, 0.29) is 0 Å². The summed E-state index contributed by atoms with van der Waals surface area (Å²) >= 11 is 1.63. The number of carbonyl (C=O) groups is 1. The van der Waals surface area contributed by atoms with Gasteiger partial charge in [0.25, 0.3) is 0 Å². The van der Waals surface area contributed by atoms with E-state index < -0.39 is 11.4 Å². The first-order chi connectivity index (χ1) is 6.64. The summed E-state index contributed by atoms with van der Waals surface area (Å²) in [5.74, 6) is -0.625. The molecule has 1 aromatic rings. The average molecular weight is 211 g/mol. The molecule has 0 saturated heterocycles. The van der Waals surface area contributed by atoms with E-state index in [0.29, 0.717) is 0 Å². The molecule has 1 heterocycles. The van der Waals surface area contributed by atoms with Crippen LogP contribution >= 0.6 is 11.3 Å². The minimum Gasteiger partial charge on any atom is -0.481 e. The van der Waals surface area contributed by atoms with Crippen LogP contribution in [0.1, 0.15) is 29.8 Å². The molecule has 2 rings (SSSR count). The maximum atomic E-state index is 10.9. The second-order valence-electron chi connectivity index (χ2n) is 3.95. The number of thiazole rings is 1. The summed E-state index contributed by atoms with van der Waals surface area (Å²) in [7, 11) is 0. The van der Waals surface area contributed by atoms with Crippen molar-refractivity contribution in [2.45, 2.75) is 32.6 Å². The van der Waals surface area contributed by atoms with Gasteiger partial charge in [-0.1, -0.05) is 0 Å². The van der Waals surface area contributed by atoms with Crippen LogP contribution in [0.2, 0.25) is 0 Å². The first-order valence-corrected chi connectivity index (χ1v) is 5.64. The molecule has 0 bridgehead atoms. The largest absolute Gasteiger partial charge is 0.481 e. The highest BCUT2D eigenvalue weighted by molar-refractivity contribution is 7.09. The molecule has 1 aliphatic carbocycles. The Morgan fingerprint density at radius 1 is 1.71 bits per heavy atom. The monoisotopic (exact) mass is 211 g/mol. The standard InChI is InChI=1S/C10H13NO2S/c1-7-8(14-6-11-7)2-3-10(4-5-10)9(12)13/h6H,2-5H2,1H3,(H,12,13). The van der Waals surface area contributed by atoms with Crippen LogP contribution < -0.4 is 0 Å². The van der Waals surface area contributed by atoms with Crippen LogP contribution in [0.15, 0.2) is 5.51 Å². The van der Waals surface area contributed by atoms with Gasteiger partial charge in [-0.15, -0.1) is 11.3 Å². The summed E-state index contributed by atoms with van der Waals surface area (Å²) in [6.45, 7) is 1.98. The van der Waals surface area contributed by atoms with Crippen molar-refractivity contribution in [2.75, 3.05) is 0 Å². The zero-order valence-corrected chi connectivity index (χ0v) is 8.93. The normalized spacial score (nSPS) is 18.1. The fourth-order valence-electron chi connectivity index (χ4n) is 1.64. The van der Waals surface area contributed by atoms with Gasteiger partial charge < -0.3 is 5.11 Å². The summed E-state index contributed by atoms with van der Waals surface area (Å²) in [5, 5.41) is 8.99. The van der Waals surface area contributed by atoms with Crippen LogP contribution in [0.3, 0.4) is 0 Å². The van der Waals surface area contributed by atoms with Crippen LogP contribution in [0.25, 0.3) is 0 Å². The van der Waals surface area contributed by atoms with Gasteiger partial charge in [-0.05, 0) is 32.6 Å². The van der Waals surface area contributed by atoms with Gasteiger partial charge >= 0.3 is 5.97 Å². The summed E-state index contributed by atoms with van der Waals surface area (Å²) < 4.78 is 0. The Morgan fingerprint density at radius 3 is 2.86 bits per heavy atom. The molecule has 1 saturated carbocycles. The number of carboxylic acids is 1. The third kappa shape index (κ3) is 1.66. The van der Waals surface area contributed by atoms with Crippen molar-refractivity contribution in [3.8, 4) is 0 Å². The van der Waals surface area contributed by atoms with Crippen LogP contribution in [-0.2, 0) is 11.2 Å². The molecule has 0 atom stereocenters. The summed E-state index contributed by atoms with van der Waals surface area (Å²) in [6.07, 6.45) is 3.33. The highest BCUT2D eigenvalue weighted by Gasteiger charge is 2.49. The second kappa shape index (κ2) is 3.35. The molecule has 0 amide bonds. The third-order valence-corrected chi connectivity index (χ3v) is 3.98. The fourth-order valence-corrected chi connectivity index (χ4v) is 2.42. The molecule has 0 radical (unpaired) electrons. The Hall–Kier alpha value is -0.900. The minimum atomic E-state index is -0.625. The van der Waals surface area contributed by atoms with Crippen molar-refractivity contribution in [1.29, 1.82) is 0 Å². The quantitative estimate of drug-likeness (QED) is 0.831. The molecule has 1 N–H and O–H groups in total. The zero-order chi connectivity index (χ0) is 10.2. The molecule has 76 valence electrons. The van der Waals surface area contributed by atoms with Crippen LogP contribution in [0.5, 0.6) is 0 Å². The van der Waals surface area contributed by atoms with E-state index in [2.05, 4.69) is 4.98 Å². The Labute approximate surface area is 86.8 Å². The van der Waals surface area contributed by atoms with Crippen molar-refractivity contribution in [3.63, 3.8) is 0 Å². The number of carboxylic acid groups (broad SMARTS) is 1. The molecule has 14 heavy (non-hydrogen) atoms. The third-order valence-electron chi connectivity index (χ3n) is 2.98. The molecule has 1 fully saturated rings. The van der Waals surface area contributed by atoms with Gasteiger partial charge in [0.1, 0.15) is 0 Å². The van der Waals surface area contributed by atoms with E-state index in [1.54, 1.807) is 11.3 Å². The predicted octanol–water partition coefficient (Wildman–Crippen LogP) is 2.25. The molecule has 4 heteroatoms. The first kappa shape index (κ1) is 9.65. The van der Waals surface area contributed by atoms with Gasteiger partial charge in [-0.25, -0.2) is 4.98 Å². The number of aromatic nitrogens is 1. The predicted molar refractivity (Wildman–Crippen MR) is 54.5 cm³/mol. The minimum absolute atomic E-state index is 0.392. The van der Waals surface area contributed by atoms with Gasteiger partial charge in [0.15, 0.2) is 0 Å². The van der Waals surface area contributed by atoms with Crippen LogP contribution in [0.4, 0.5) is 0 Å². The molecule has 0 aromatic carbocycles. The summed E-state index contributed by atoms with van der Waals surface area (Å²) in [5.41, 5.74) is 2.48. The molecule has 3 nitrogen and oxygen atoms in total. The Morgan fingerprint density at radius 2 is 2.43 bits per heavy atom. The maximum Gasteiger partial charge on any atom is 0.309 e. The van der Waals surface area contributed by atoms with Gasteiger partial charge in [0, 0.05) is 4.88 Å². The van der Waals surface area contributed by atoms with Crippen LogP contribution in [-0.4, -0.2) is 16.1 Å². The lowest BCUT2D eigenvalue weighted by atomic mass is 10.00. The molecule has 0 aliphatic heterocycles. The van der Waals surface area contributed by atoms with E-state index in [0.717, 1.165) is 31.4 Å². The second-order valence-corrected chi connectivity index (χ2v) is 4.89. The van der Waals surface area contributed by atoms with Gasteiger partial charge in [0.2, 0.25) is 0 Å². The van der Waals surface area contributed by atoms with E-state index in [4.69, 9.17) is 5.11 Å². The Kier molecular flexibility index (Phi) is 2.31. The summed E-state index contributed by atoms with van der Waals surface area (Å²) in [6, 6.07) is 0. The number of hydrogen-bond acceptors (Lipinski definition) is 3. The zero-order valence-electron chi connectivity index (χ0n) is 8.12. The van der Waals surface area contributed by atoms with Gasteiger partial charge in [-0.3, -0.25) is 4.79 Å². The number of rotatable bonds is 4. The molecule has 1 aromatic heterocycles. The lowest BCUT2D eigenvalue weighted by Crippen LogP contribution is -2.15. The molecule has 1 aliphatic rings. The SMILES string of the molecule is Cc1ncsc1CCC1(C(=O)O)CC1. The van der Waals surface area contributed by atoms with Gasteiger partial charge in [0.05, 0.1) is 16.6 Å². The highest BCUT2D eigenvalue weighted by atomic mass is 32.1. The molecular formula is C10H13NO2S. The molecule has 0 unspecified atom stereocenters. The number of hydrogen-bond donors (Lipinski definition) is 1. The van der Waals surface area contributed by atoms with E-state index in [1.807, 2.05) is 12.4 Å². The summed E-state index contributed by atoms with van der Waals surface area (Å²) in [4.78, 5) is 16.3. The van der Waals surface area contributed by atoms with Gasteiger partial charge in [-0.2, -0.15) is 0 Å². The first-order valence-electron chi connectivity index (χ1n) is 4.76. The van der Waals surface area contributed by atoms with Crippen LogP contribution in [0, 0.1) is 12.3 Å². The molecular weight excluding hydrogens is 198 g/mol. The number of nitrogens with zero attached hydrogens (tertiary/aromatic N) is 1. The van der Waals surface area contributed by atoms with Crippen molar-refractivity contribution < 1.29 is 9.90 Å². The Bertz CT molecular complexity index is 355. The van der Waals surface area contributed by atoms with E-state index in [1.165, 1.54) is 4.88 Å². The topological polar surface area (TPSA) is 50.2 Å². The van der Waals surface area contributed by atoms with Crippen molar-refractivity contribution in [3.05, 3.63) is 16.1 Å². The smallest absolute Gasteiger partial charge is 0.309 e. The lowest BCUT2D eigenvalue weighted by Gasteiger charge is -2.07. The highest BCUT2D eigenvalue weighted by Crippen LogP contribution is 2.49.